The summed E-state index contributed by atoms with van der Waals surface area (Å²) in [5.74, 6) is 0.818. The summed E-state index contributed by atoms with van der Waals surface area (Å²) in [6.45, 7) is 0.0733. The molecule has 3 aromatic rings. The number of anilines is 1. The number of benzene rings is 1. The number of H-pyrrole nitrogens is 1. The smallest absolute Gasteiger partial charge is 0.431 e. The first-order valence-corrected chi connectivity index (χ1v) is 7.51. The molecule has 25 heavy (non-hydrogen) atoms. The van der Waals surface area contributed by atoms with Crippen LogP contribution in [0.25, 0.3) is 11.0 Å². The number of aromatic nitrogens is 3. The molecule has 0 radical (unpaired) electrons. The molecule has 4 rings (SSSR count). The molecule has 1 aliphatic heterocycles. The molecule has 0 unspecified atom stereocenters. The number of hydrogen-bond donors (Lipinski definition) is 3. The average Bonchev–Trinajstić information content (AvgIpc) is 3.03. The number of nitrogens with one attached hydrogen (secondary N) is 2. The van der Waals surface area contributed by atoms with Crippen molar-refractivity contribution in [3.05, 3.63) is 47.9 Å². The molecule has 0 fully saturated rings. The van der Waals surface area contributed by atoms with Gasteiger partial charge in [0.2, 0.25) is 0 Å². The van der Waals surface area contributed by atoms with E-state index in [1.54, 1.807) is 24.3 Å². The number of aromatic amines is 1. The second kappa shape index (κ2) is 5.62. The van der Waals surface area contributed by atoms with Gasteiger partial charge in [0.15, 0.2) is 0 Å². The summed E-state index contributed by atoms with van der Waals surface area (Å²) >= 11 is 0. The summed E-state index contributed by atoms with van der Waals surface area (Å²) in [4.78, 5) is 10.1. The van der Waals surface area contributed by atoms with Gasteiger partial charge in [0, 0.05) is 5.56 Å². The molecule has 1 aliphatic rings. The van der Waals surface area contributed by atoms with Crippen LogP contribution in [0.15, 0.2) is 36.7 Å². The van der Waals surface area contributed by atoms with Crippen molar-refractivity contribution in [2.45, 2.75) is 18.3 Å². The number of ether oxygens (including phenoxy) is 1. The fraction of sp³-hybridized carbons (Fsp3) is 0.250. The number of aliphatic hydroxyl groups excluding tert-OH is 1. The fourth-order valence-electron chi connectivity index (χ4n) is 2.88. The third-order valence-electron chi connectivity index (χ3n) is 4.07. The lowest BCUT2D eigenvalue weighted by Crippen LogP contribution is -2.35. The van der Waals surface area contributed by atoms with Crippen molar-refractivity contribution >= 4 is 16.9 Å². The Morgan fingerprint density at radius 1 is 1.24 bits per heavy atom. The molecule has 0 amide bonds. The summed E-state index contributed by atoms with van der Waals surface area (Å²) in [5.41, 5.74) is -0.127. The van der Waals surface area contributed by atoms with Gasteiger partial charge < -0.3 is 20.1 Å². The number of alkyl halides is 3. The first-order valence-electron chi connectivity index (χ1n) is 7.51. The van der Waals surface area contributed by atoms with Crippen LogP contribution in [0.5, 0.6) is 5.75 Å². The molecule has 1 aromatic carbocycles. The predicted molar refractivity (Wildman–Crippen MR) is 83.2 cm³/mol. The Balaban J connectivity index is 1.75. The van der Waals surface area contributed by atoms with Gasteiger partial charge in [0.1, 0.15) is 41.9 Å². The van der Waals surface area contributed by atoms with E-state index in [4.69, 9.17) is 4.74 Å². The molecule has 2 atom stereocenters. The van der Waals surface area contributed by atoms with Crippen molar-refractivity contribution in [3.63, 3.8) is 0 Å². The summed E-state index contributed by atoms with van der Waals surface area (Å²) < 4.78 is 44.2. The van der Waals surface area contributed by atoms with Gasteiger partial charge in [-0.3, -0.25) is 0 Å². The van der Waals surface area contributed by atoms with Crippen LogP contribution < -0.4 is 10.1 Å². The standard InChI is InChI=1S/C16H13F3N4O2/c17-16(18,19)12-5-9-14(22-12)20-7-21-15(9)23-13-8-3-1-2-4-11(8)25-6-10(13)24/h1-5,7,10,13,24H,6H2,(H2,20,21,22,23)/t10-,13-/m0/s1. The average molecular weight is 350 g/mol. The van der Waals surface area contributed by atoms with E-state index < -0.39 is 24.0 Å². The Morgan fingerprint density at radius 3 is 2.84 bits per heavy atom. The fourth-order valence-corrected chi connectivity index (χ4v) is 2.88. The maximum Gasteiger partial charge on any atom is 0.431 e. The van der Waals surface area contributed by atoms with E-state index in [9.17, 15) is 18.3 Å². The molecule has 3 N–H and O–H groups in total. The van der Waals surface area contributed by atoms with E-state index in [1.165, 1.54) is 6.33 Å². The highest BCUT2D eigenvalue weighted by atomic mass is 19.4. The lowest BCUT2D eigenvalue weighted by Gasteiger charge is -2.31. The maximum absolute atomic E-state index is 12.9. The minimum absolute atomic E-state index is 0.0691. The largest absolute Gasteiger partial charge is 0.490 e. The first-order chi connectivity index (χ1) is 11.9. The maximum atomic E-state index is 12.9. The van der Waals surface area contributed by atoms with E-state index >= 15 is 0 Å². The Kier molecular flexibility index (Phi) is 3.53. The SMILES string of the molecule is O[C@H]1COc2ccccc2[C@@H]1Nc1ncnc2[nH]c(C(F)(F)F)cc12. The van der Waals surface area contributed by atoms with Gasteiger partial charge in [-0.25, -0.2) is 9.97 Å². The van der Waals surface area contributed by atoms with Gasteiger partial charge in [-0.15, -0.1) is 0 Å². The lowest BCUT2D eigenvalue weighted by molar-refractivity contribution is -0.140. The molecular weight excluding hydrogens is 337 g/mol. The molecule has 0 saturated carbocycles. The molecular formula is C16H13F3N4O2. The molecule has 6 nitrogen and oxygen atoms in total. The van der Waals surface area contributed by atoms with Gasteiger partial charge in [-0.1, -0.05) is 18.2 Å². The first kappa shape index (κ1) is 15.7. The Bertz CT molecular complexity index is 925. The summed E-state index contributed by atoms with van der Waals surface area (Å²) in [7, 11) is 0. The second-order valence-electron chi connectivity index (χ2n) is 5.70. The molecule has 0 spiro atoms. The van der Waals surface area contributed by atoms with E-state index in [-0.39, 0.29) is 23.5 Å². The van der Waals surface area contributed by atoms with Crippen molar-refractivity contribution in [1.29, 1.82) is 0 Å². The lowest BCUT2D eigenvalue weighted by atomic mass is 9.98. The molecule has 0 bridgehead atoms. The van der Waals surface area contributed by atoms with Gasteiger partial charge in [-0.2, -0.15) is 13.2 Å². The second-order valence-corrected chi connectivity index (χ2v) is 5.70. The molecule has 0 saturated heterocycles. The molecule has 9 heteroatoms. The van der Waals surface area contributed by atoms with Gasteiger partial charge in [-0.05, 0) is 12.1 Å². The molecule has 2 aromatic heterocycles. The van der Waals surface area contributed by atoms with Crippen LogP contribution in [-0.2, 0) is 6.18 Å². The quantitative estimate of drug-likeness (QED) is 0.662. The highest BCUT2D eigenvalue weighted by molar-refractivity contribution is 5.88. The van der Waals surface area contributed by atoms with E-state index in [0.29, 0.717) is 11.3 Å². The third kappa shape index (κ3) is 2.76. The van der Waals surface area contributed by atoms with Crippen LogP contribution in [0, 0.1) is 0 Å². The third-order valence-corrected chi connectivity index (χ3v) is 4.07. The topological polar surface area (TPSA) is 83.1 Å². The summed E-state index contributed by atoms with van der Waals surface area (Å²) in [6.07, 6.45) is -4.22. The number of nitrogens with zero attached hydrogens (tertiary/aromatic N) is 2. The van der Waals surface area contributed by atoms with Crippen molar-refractivity contribution in [3.8, 4) is 5.75 Å². The zero-order valence-electron chi connectivity index (χ0n) is 12.7. The number of aliphatic hydroxyl groups is 1. The monoisotopic (exact) mass is 350 g/mol. The highest BCUT2D eigenvalue weighted by Gasteiger charge is 2.34. The summed E-state index contributed by atoms with van der Waals surface area (Å²) in [5, 5.41) is 13.5. The predicted octanol–water partition coefficient (Wildman–Crippen LogP) is 2.88. The Hall–Kier alpha value is -2.81. The molecule has 3 heterocycles. The van der Waals surface area contributed by atoms with E-state index in [1.807, 2.05) is 0 Å². The van der Waals surface area contributed by atoms with Gasteiger partial charge >= 0.3 is 6.18 Å². The molecule has 0 aliphatic carbocycles. The minimum atomic E-state index is -4.51. The number of para-hydroxylation sites is 1. The van der Waals surface area contributed by atoms with Crippen LogP contribution in [0.3, 0.4) is 0 Å². The Labute approximate surface area is 139 Å². The van der Waals surface area contributed by atoms with Crippen LogP contribution in [-0.4, -0.2) is 32.8 Å². The van der Waals surface area contributed by atoms with Gasteiger partial charge in [0.05, 0.1) is 11.4 Å². The van der Waals surface area contributed by atoms with Crippen LogP contribution in [0.1, 0.15) is 17.3 Å². The highest BCUT2D eigenvalue weighted by Crippen LogP contribution is 2.36. The van der Waals surface area contributed by atoms with E-state index in [2.05, 4.69) is 20.3 Å². The number of halogens is 3. The van der Waals surface area contributed by atoms with Crippen LogP contribution >= 0.6 is 0 Å². The van der Waals surface area contributed by atoms with Crippen LogP contribution in [0.4, 0.5) is 19.0 Å². The van der Waals surface area contributed by atoms with Crippen molar-refractivity contribution in [2.75, 3.05) is 11.9 Å². The minimum Gasteiger partial charge on any atom is -0.490 e. The normalized spacial score (nSPS) is 20.2. The van der Waals surface area contributed by atoms with E-state index in [0.717, 1.165) is 6.07 Å². The number of hydrogen-bond acceptors (Lipinski definition) is 5. The number of rotatable bonds is 2. The molecule has 130 valence electrons. The number of fused-ring (bicyclic) bond motifs is 2. The zero-order chi connectivity index (χ0) is 17.6. The van der Waals surface area contributed by atoms with Crippen molar-refractivity contribution in [1.82, 2.24) is 15.0 Å². The van der Waals surface area contributed by atoms with Crippen LogP contribution in [0.2, 0.25) is 0 Å². The zero-order valence-corrected chi connectivity index (χ0v) is 12.7. The van der Waals surface area contributed by atoms with Crippen molar-refractivity contribution < 1.29 is 23.0 Å². The van der Waals surface area contributed by atoms with Gasteiger partial charge in [0.25, 0.3) is 0 Å². The summed E-state index contributed by atoms with van der Waals surface area (Å²) in [6, 6.07) is 7.54. The van der Waals surface area contributed by atoms with Crippen molar-refractivity contribution in [2.24, 2.45) is 0 Å². The Morgan fingerprint density at radius 2 is 2.04 bits per heavy atom.